The minimum Gasteiger partial charge on any atom is -0.465 e. The number of carbonyl (C=O) groups excluding carboxylic acids is 1. The molecule has 0 saturated carbocycles. The number of carbonyl (C=O) groups is 1. The molecule has 2 aliphatic rings. The zero-order valence-electron chi connectivity index (χ0n) is 25.4. The van der Waals surface area contributed by atoms with Gasteiger partial charge in [-0.15, -0.1) is 0 Å². The first-order chi connectivity index (χ1) is 21.4. The number of esters is 1. The third-order valence-electron chi connectivity index (χ3n) is 9.00. The Morgan fingerprint density at radius 3 is 2.51 bits per heavy atom. The normalized spacial score (nSPS) is 18.8. The number of nitrogens with zero attached hydrogens (tertiary/aromatic N) is 5. The molecule has 2 aliphatic heterocycles. The molecule has 0 aliphatic carbocycles. The van der Waals surface area contributed by atoms with Gasteiger partial charge in [0.25, 0.3) is 0 Å². The van der Waals surface area contributed by atoms with Crippen LogP contribution < -0.4 is 20.7 Å². The fourth-order valence-electron chi connectivity index (χ4n) is 6.38. The zero-order valence-corrected chi connectivity index (χ0v) is 25.4. The summed E-state index contributed by atoms with van der Waals surface area (Å²) in [4.78, 5) is 22.4. The van der Waals surface area contributed by atoms with Crippen molar-refractivity contribution in [2.24, 2.45) is 12.5 Å². The molecule has 1 spiro atoms. The summed E-state index contributed by atoms with van der Waals surface area (Å²) in [6.45, 7) is 6.00. The number of benzene rings is 2. The van der Waals surface area contributed by atoms with E-state index in [2.05, 4.69) is 20.4 Å². The molecular weight excluding hydrogens is 587 g/mol. The van der Waals surface area contributed by atoms with Crippen LogP contribution in [0.1, 0.15) is 43.5 Å². The van der Waals surface area contributed by atoms with Crippen molar-refractivity contribution in [2.75, 3.05) is 36.9 Å². The quantitative estimate of drug-likeness (QED) is 0.271. The van der Waals surface area contributed by atoms with Crippen LogP contribution in [0.4, 0.5) is 24.9 Å². The molecule has 4 aromatic rings. The Hall–Kier alpha value is -4.39. The highest BCUT2D eigenvalue weighted by molar-refractivity contribution is 5.86. The molecule has 0 radical (unpaired) electrons. The monoisotopic (exact) mass is 623 g/mol. The molecule has 13 heteroatoms. The fourth-order valence-corrected chi connectivity index (χ4v) is 6.38. The van der Waals surface area contributed by atoms with Gasteiger partial charge in [-0.3, -0.25) is 9.48 Å². The number of alkyl halides is 3. The number of nitrogens with two attached hydrogens (primary N) is 1. The lowest BCUT2D eigenvalue weighted by atomic mass is 9.76. The van der Waals surface area contributed by atoms with Crippen LogP contribution in [0.2, 0.25) is 0 Å². The second kappa shape index (κ2) is 11.8. The summed E-state index contributed by atoms with van der Waals surface area (Å²) in [5, 5.41) is 8.81. The Kier molecular flexibility index (Phi) is 8.06. The van der Waals surface area contributed by atoms with Crippen LogP contribution in [0.3, 0.4) is 0 Å². The van der Waals surface area contributed by atoms with E-state index in [0.29, 0.717) is 38.5 Å². The molecule has 238 valence electrons. The lowest BCUT2D eigenvalue weighted by molar-refractivity contribution is -0.198. The fraction of sp³-hybridized carbons (Fsp3) is 0.438. The topological polar surface area (TPSA) is 120 Å². The highest BCUT2D eigenvalue weighted by atomic mass is 19.4. The van der Waals surface area contributed by atoms with E-state index < -0.39 is 12.3 Å². The molecule has 2 saturated heterocycles. The predicted octanol–water partition coefficient (Wildman–Crippen LogP) is 5.11. The number of hydrogen-bond acceptors (Lipinski definition) is 9. The van der Waals surface area contributed by atoms with Gasteiger partial charge < -0.3 is 25.4 Å². The van der Waals surface area contributed by atoms with Crippen molar-refractivity contribution in [2.45, 2.75) is 51.4 Å². The van der Waals surface area contributed by atoms with E-state index in [0.717, 1.165) is 40.6 Å². The van der Waals surface area contributed by atoms with Gasteiger partial charge in [-0.25, -0.2) is 0 Å². The van der Waals surface area contributed by atoms with Gasteiger partial charge in [-0.1, -0.05) is 36.4 Å². The number of anilines is 2. The van der Waals surface area contributed by atoms with Crippen LogP contribution in [0, 0.1) is 12.3 Å². The molecule has 4 heterocycles. The minimum atomic E-state index is -4.71. The lowest BCUT2D eigenvalue weighted by Crippen LogP contribution is -2.41. The van der Waals surface area contributed by atoms with Crippen LogP contribution in [0.25, 0.3) is 22.0 Å². The van der Waals surface area contributed by atoms with Crippen molar-refractivity contribution in [1.82, 2.24) is 25.1 Å². The maximum atomic E-state index is 14.3. The van der Waals surface area contributed by atoms with Gasteiger partial charge in [-0.05, 0) is 55.7 Å². The van der Waals surface area contributed by atoms with Crippen molar-refractivity contribution in [1.29, 1.82) is 0 Å². The standard InChI is InChI=1S/C32H36F3N7O3/c1-4-44-29(43)25-17-31(18-37-25)11-13-42(14-12-31)26-16-27(39-30(36)38-26)45-28(32(33,34)35)21-7-5-20(6-8-21)22-9-10-23-19(2)41(3)40-24(23)15-22/h5-10,15-16,25,28,37H,4,11-14,17-18H2,1-3H3,(H2,36,38,39)/t25-,28+/m0/s1. The Balaban J connectivity index is 1.17. The molecule has 3 N–H and O–H groups in total. The second-order valence-electron chi connectivity index (χ2n) is 11.9. The van der Waals surface area contributed by atoms with E-state index >= 15 is 0 Å². The molecule has 0 unspecified atom stereocenters. The molecule has 2 atom stereocenters. The molecule has 6 rings (SSSR count). The number of hydrogen-bond donors (Lipinski definition) is 2. The molecule has 0 amide bonds. The number of fused-ring (bicyclic) bond motifs is 1. The van der Waals surface area contributed by atoms with Gasteiger partial charge in [-0.2, -0.15) is 28.2 Å². The summed E-state index contributed by atoms with van der Waals surface area (Å²) in [6, 6.07) is 13.0. The van der Waals surface area contributed by atoms with Crippen molar-refractivity contribution in [3.8, 4) is 17.0 Å². The van der Waals surface area contributed by atoms with Crippen LogP contribution in [0.5, 0.6) is 5.88 Å². The number of rotatable bonds is 7. The van der Waals surface area contributed by atoms with Crippen LogP contribution in [-0.2, 0) is 16.6 Å². The van der Waals surface area contributed by atoms with Crippen molar-refractivity contribution < 1.29 is 27.4 Å². The van der Waals surface area contributed by atoms with E-state index in [4.69, 9.17) is 15.2 Å². The number of nitrogen functional groups attached to an aromatic ring is 1. The summed E-state index contributed by atoms with van der Waals surface area (Å²) < 4.78 is 55.5. The van der Waals surface area contributed by atoms with Crippen LogP contribution in [-0.4, -0.2) is 64.2 Å². The molecule has 2 aromatic carbocycles. The molecule has 0 bridgehead atoms. The number of aryl methyl sites for hydroxylation is 2. The van der Waals surface area contributed by atoms with Crippen molar-refractivity contribution in [3.63, 3.8) is 0 Å². The first kappa shape index (κ1) is 30.6. The summed E-state index contributed by atoms with van der Waals surface area (Å²) in [6.07, 6.45) is -4.73. The van der Waals surface area contributed by atoms with E-state index in [-0.39, 0.29) is 34.8 Å². The van der Waals surface area contributed by atoms with E-state index in [1.165, 1.54) is 18.2 Å². The first-order valence-corrected chi connectivity index (χ1v) is 15.0. The van der Waals surface area contributed by atoms with Crippen LogP contribution in [0.15, 0.2) is 48.5 Å². The third-order valence-corrected chi connectivity index (χ3v) is 9.00. The summed E-state index contributed by atoms with van der Waals surface area (Å²) in [7, 11) is 1.87. The SMILES string of the molecule is CCOC(=O)[C@@H]1CC2(CCN(c3cc(O[C@H](c4ccc(-c5ccc6c(C)n(C)nc6c5)cc4)C(F)(F)F)nc(N)n3)CC2)CN1. The maximum Gasteiger partial charge on any atom is 0.429 e. The van der Waals surface area contributed by atoms with E-state index in [1.54, 1.807) is 23.7 Å². The molecule has 2 fully saturated rings. The maximum absolute atomic E-state index is 14.3. The van der Waals surface area contributed by atoms with Gasteiger partial charge in [0.1, 0.15) is 11.9 Å². The molecule has 45 heavy (non-hydrogen) atoms. The summed E-state index contributed by atoms with van der Waals surface area (Å²) in [5.74, 6) is -0.275. The van der Waals surface area contributed by atoms with Crippen molar-refractivity contribution in [3.05, 3.63) is 59.8 Å². The van der Waals surface area contributed by atoms with Crippen LogP contribution >= 0.6 is 0 Å². The average molecular weight is 624 g/mol. The number of piperidine rings is 1. The lowest BCUT2D eigenvalue weighted by Gasteiger charge is -2.39. The van der Waals surface area contributed by atoms with Gasteiger partial charge in [0, 0.05) is 49.4 Å². The predicted molar refractivity (Wildman–Crippen MR) is 164 cm³/mol. The largest absolute Gasteiger partial charge is 0.465 e. The second-order valence-corrected chi connectivity index (χ2v) is 11.9. The number of halogens is 3. The average Bonchev–Trinajstić information content (AvgIpc) is 3.55. The minimum absolute atomic E-state index is 0.0539. The number of aromatic nitrogens is 4. The van der Waals surface area contributed by atoms with E-state index in [1.807, 2.05) is 37.1 Å². The summed E-state index contributed by atoms with van der Waals surface area (Å²) >= 11 is 0. The smallest absolute Gasteiger partial charge is 0.429 e. The Labute approximate surface area is 258 Å². The molecular formula is C32H36F3N7O3. The highest BCUT2D eigenvalue weighted by Crippen LogP contribution is 2.42. The van der Waals surface area contributed by atoms with Gasteiger partial charge >= 0.3 is 12.1 Å². The Morgan fingerprint density at radius 2 is 1.82 bits per heavy atom. The summed E-state index contributed by atoms with van der Waals surface area (Å²) in [5.41, 5.74) is 9.27. The van der Waals surface area contributed by atoms with Gasteiger partial charge in [0.05, 0.1) is 12.1 Å². The van der Waals surface area contributed by atoms with Crippen molar-refractivity contribution >= 4 is 28.6 Å². The molecule has 2 aromatic heterocycles. The van der Waals surface area contributed by atoms with Gasteiger partial charge in [0.2, 0.25) is 17.9 Å². The van der Waals surface area contributed by atoms with E-state index in [9.17, 15) is 18.0 Å². The molecule has 10 nitrogen and oxygen atoms in total. The highest BCUT2D eigenvalue weighted by Gasteiger charge is 2.45. The number of ether oxygens (including phenoxy) is 2. The Morgan fingerprint density at radius 1 is 1.11 bits per heavy atom. The zero-order chi connectivity index (χ0) is 31.9. The Bertz CT molecular complexity index is 1700. The first-order valence-electron chi connectivity index (χ1n) is 15.0. The third kappa shape index (κ3) is 6.26. The van der Waals surface area contributed by atoms with Gasteiger partial charge in [0.15, 0.2) is 0 Å². The number of nitrogens with one attached hydrogen (secondary N) is 1.